The lowest BCUT2D eigenvalue weighted by Crippen LogP contribution is -2.34. The maximum atomic E-state index is 12.3. The number of nitro groups is 1. The predicted octanol–water partition coefficient (Wildman–Crippen LogP) is 3.03. The number of hydrogen-bond donors (Lipinski definition) is 3. The fraction of sp³-hybridized carbons (Fsp3) is 0.0625. The quantitative estimate of drug-likeness (QED) is 0.247. The second kappa shape index (κ2) is 8.73. The van der Waals surface area contributed by atoms with E-state index in [9.17, 15) is 24.8 Å². The van der Waals surface area contributed by atoms with Crippen molar-refractivity contribution in [1.29, 1.82) is 0 Å². The number of methoxy groups -OCH3 is 1. The summed E-state index contributed by atoms with van der Waals surface area (Å²) in [4.78, 5) is 34.0. The normalized spacial score (nSPS) is 10.0. The van der Waals surface area contributed by atoms with Gasteiger partial charge in [0.1, 0.15) is 0 Å². The molecule has 0 heterocycles. The zero-order valence-corrected chi connectivity index (χ0v) is 16.7. The molecule has 9 nitrogen and oxygen atoms in total. The third-order valence-electron chi connectivity index (χ3n) is 3.33. The van der Waals surface area contributed by atoms with Gasteiger partial charge in [-0.3, -0.25) is 20.2 Å². The van der Waals surface area contributed by atoms with E-state index in [2.05, 4.69) is 10.6 Å². The van der Waals surface area contributed by atoms with Crippen LogP contribution in [0.2, 0.25) is 0 Å². The Morgan fingerprint density at radius 1 is 1.26 bits per heavy atom. The van der Waals surface area contributed by atoms with Crippen LogP contribution in [0, 0.1) is 13.7 Å². The average molecular weight is 501 g/mol. The summed E-state index contributed by atoms with van der Waals surface area (Å²) in [7, 11) is 1.28. The van der Waals surface area contributed by atoms with Crippen LogP contribution in [0.3, 0.4) is 0 Å². The Bertz CT molecular complexity index is 950. The van der Waals surface area contributed by atoms with E-state index in [1.807, 2.05) is 22.6 Å². The van der Waals surface area contributed by atoms with Crippen molar-refractivity contribution >= 4 is 63.2 Å². The molecule has 0 aliphatic rings. The number of hydrogen-bond acceptors (Lipinski definition) is 6. The molecule has 0 spiro atoms. The molecule has 0 saturated heterocycles. The van der Waals surface area contributed by atoms with Gasteiger partial charge in [-0.25, -0.2) is 4.79 Å². The van der Waals surface area contributed by atoms with E-state index in [1.165, 1.54) is 31.4 Å². The number of anilines is 1. The van der Waals surface area contributed by atoms with E-state index in [-0.39, 0.29) is 33.4 Å². The summed E-state index contributed by atoms with van der Waals surface area (Å²) in [5.41, 5.74) is -0.185. The molecule has 27 heavy (non-hydrogen) atoms. The highest BCUT2D eigenvalue weighted by molar-refractivity contribution is 14.1. The van der Waals surface area contributed by atoms with E-state index in [0.29, 0.717) is 0 Å². The number of benzene rings is 2. The molecule has 0 aliphatic heterocycles. The summed E-state index contributed by atoms with van der Waals surface area (Å²) in [6.07, 6.45) is 0. The van der Waals surface area contributed by atoms with E-state index in [1.54, 1.807) is 6.07 Å². The molecule has 0 aliphatic carbocycles. The van der Waals surface area contributed by atoms with Gasteiger partial charge in [-0.15, -0.1) is 0 Å². The molecular weight excluding hydrogens is 489 g/mol. The van der Waals surface area contributed by atoms with Gasteiger partial charge in [-0.05, 0) is 65.1 Å². The Kier molecular flexibility index (Phi) is 6.63. The van der Waals surface area contributed by atoms with E-state index >= 15 is 0 Å². The number of ether oxygens (including phenoxy) is 1. The van der Waals surface area contributed by atoms with Crippen molar-refractivity contribution < 1.29 is 24.4 Å². The fourth-order valence-electron chi connectivity index (χ4n) is 2.11. The van der Waals surface area contributed by atoms with Gasteiger partial charge < -0.3 is 15.2 Å². The van der Waals surface area contributed by atoms with Gasteiger partial charge in [-0.1, -0.05) is 0 Å². The van der Waals surface area contributed by atoms with Gasteiger partial charge in [-0.2, -0.15) is 0 Å². The topological polar surface area (TPSA) is 131 Å². The maximum Gasteiger partial charge on any atom is 0.337 e. The molecule has 11 heteroatoms. The number of rotatable bonds is 5. The Labute approximate surface area is 172 Å². The van der Waals surface area contributed by atoms with Crippen LogP contribution in [0.15, 0.2) is 36.4 Å². The highest BCUT2D eigenvalue weighted by Gasteiger charge is 2.19. The molecule has 2 aromatic rings. The summed E-state index contributed by atoms with van der Waals surface area (Å²) in [5, 5.41) is 25.1. The van der Waals surface area contributed by atoms with Crippen LogP contribution in [0.5, 0.6) is 5.75 Å². The number of amides is 1. The molecule has 3 N–H and O–H groups in total. The van der Waals surface area contributed by atoms with Crippen LogP contribution in [0.4, 0.5) is 11.4 Å². The minimum absolute atomic E-state index is 0.00674. The van der Waals surface area contributed by atoms with Crippen LogP contribution in [-0.4, -0.2) is 34.1 Å². The molecule has 140 valence electrons. The number of nitrogens with one attached hydrogen (secondary N) is 2. The van der Waals surface area contributed by atoms with Gasteiger partial charge >= 0.3 is 11.7 Å². The average Bonchev–Trinajstić information content (AvgIpc) is 2.62. The van der Waals surface area contributed by atoms with E-state index < -0.39 is 16.8 Å². The molecule has 0 aromatic heterocycles. The van der Waals surface area contributed by atoms with Gasteiger partial charge in [0.2, 0.25) is 0 Å². The molecule has 0 fully saturated rings. The van der Waals surface area contributed by atoms with Crippen molar-refractivity contribution in [1.82, 2.24) is 5.32 Å². The minimum Gasteiger partial charge on any atom is -0.490 e. The summed E-state index contributed by atoms with van der Waals surface area (Å²) >= 11 is 7.00. The zero-order chi connectivity index (χ0) is 20.1. The van der Waals surface area contributed by atoms with Crippen LogP contribution in [0.1, 0.15) is 20.7 Å². The van der Waals surface area contributed by atoms with Crippen molar-refractivity contribution in [2.75, 3.05) is 12.4 Å². The summed E-state index contributed by atoms with van der Waals surface area (Å²) in [5.74, 6) is -1.83. The fourth-order valence-corrected chi connectivity index (χ4v) is 2.80. The first kappa shape index (κ1) is 20.5. The minimum atomic E-state index is -1.16. The first-order chi connectivity index (χ1) is 12.7. The standard InChI is InChI=1S/C16H12IN3O6S/c1-26-13-5-2-8(6-12(13)20(24)25)14(21)19-16(27)18-11-4-3-9(17)7-10(11)15(22)23/h2-7H,1H3,(H,22,23)(H2,18,19,21,27). The third kappa shape index (κ3) is 5.10. The number of carboxylic acids is 1. The molecule has 0 saturated carbocycles. The van der Waals surface area contributed by atoms with Crippen molar-refractivity contribution in [3.05, 3.63) is 61.2 Å². The second-order valence-electron chi connectivity index (χ2n) is 5.05. The number of nitro benzene ring substituents is 1. The van der Waals surface area contributed by atoms with Crippen molar-refractivity contribution in [3.8, 4) is 5.75 Å². The number of thiocarbonyl (C=S) groups is 1. The number of halogens is 1. The van der Waals surface area contributed by atoms with Crippen molar-refractivity contribution in [3.63, 3.8) is 0 Å². The number of carbonyl (C=O) groups is 2. The van der Waals surface area contributed by atoms with E-state index in [4.69, 9.17) is 17.0 Å². The molecule has 0 bridgehead atoms. The second-order valence-corrected chi connectivity index (χ2v) is 6.70. The number of nitrogens with zero attached hydrogens (tertiary/aromatic N) is 1. The van der Waals surface area contributed by atoms with Crippen LogP contribution >= 0.6 is 34.8 Å². The highest BCUT2D eigenvalue weighted by Crippen LogP contribution is 2.27. The molecular formula is C16H12IN3O6S. The lowest BCUT2D eigenvalue weighted by Gasteiger charge is -2.12. The van der Waals surface area contributed by atoms with Gasteiger partial charge in [0.05, 0.1) is 23.3 Å². The van der Waals surface area contributed by atoms with Gasteiger partial charge in [0, 0.05) is 15.2 Å². The first-order valence-electron chi connectivity index (χ1n) is 7.20. The lowest BCUT2D eigenvalue weighted by molar-refractivity contribution is -0.385. The molecule has 0 atom stereocenters. The third-order valence-corrected chi connectivity index (χ3v) is 4.20. The summed E-state index contributed by atoms with van der Waals surface area (Å²) in [6.45, 7) is 0. The summed E-state index contributed by atoms with van der Waals surface area (Å²) < 4.78 is 5.60. The molecule has 0 radical (unpaired) electrons. The Hall–Kier alpha value is -2.80. The largest absolute Gasteiger partial charge is 0.490 e. The first-order valence-corrected chi connectivity index (χ1v) is 8.69. The van der Waals surface area contributed by atoms with Crippen LogP contribution in [-0.2, 0) is 0 Å². The predicted molar refractivity (Wildman–Crippen MR) is 109 cm³/mol. The Morgan fingerprint density at radius 3 is 2.56 bits per heavy atom. The Morgan fingerprint density at radius 2 is 1.96 bits per heavy atom. The lowest BCUT2D eigenvalue weighted by atomic mass is 10.1. The Balaban J connectivity index is 2.17. The zero-order valence-electron chi connectivity index (χ0n) is 13.7. The molecule has 2 aromatic carbocycles. The number of carbonyl (C=O) groups excluding carboxylic acids is 1. The maximum absolute atomic E-state index is 12.3. The molecule has 1 amide bonds. The van der Waals surface area contributed by atoms with Crippen LogP contribution < -0.4 is 15.4 Å². The van der Waals surface area contributed by atoms with Crippen molar-refractivity contribution in [2.45, 2.75) is 0 Å². The molecule has 0 unspecified atom stereocenters. The number of aromatic carboxylic acids is 1. The smallest absolute Gasteiger partial charge is 0.337 e. The monoisotopic (exact) mass is 501 g/mol. The van der Waals surface area contributed by atoms with Crippen molar-refractivity contribution in [2.24, 2.45) is 0 Å². The highest BCUT2D eigenvalue weighted by atomic mass is 127. The summed E-state index contributed by atoms with van der Waals surface area (Å²) in [6, 6.07) is 8.34. The van der Waals surface area contributed by atoms with Gasteiger partial charge in [0.15, 0.2) is 10.9 Å². The molecule has 2 rings (SSSR count). The van der Waals surface area contributed by atoms with Gasteiger partial charge in [0.25, 0.3) is 5.91 Å². The van der Waals surface area contributed by atoms with Crippen LogP contribution in [0.25, 0.3) is 0 Å². The van der Waals surface area contributed by atoms with E-state index in [0.717, 1.165) is 9.64 Å². The SMILES string of the molecule is COc1ccc(C(=O)NC(=S)Nc2ccc(I)cc2C(=O)O)cc1[N+](=O)[O-]. The number of carboxylic acid groups (broad SMARTS) is 1.